The summed E-state index contributed by atoms with van der Waals surface area (Å²) in [4.78, 5) is 1.80. The molecule has 0 unspecified atom stereocenters. The number of benzene rings is 1. The Hall–Kier alpha value is -1.20. The molecule has 0 amide bonds. The Morgan fingerprint density at radius 3 is 2.36 bits per heavy atom. The highest BCUT2D eigenvalue weighted by atomic mass is 32.1. The molecular weight excluding hydrogens is 214 g/mol. The van der Waals surface area contributed by atoms with Gasteiger partial charge < -0.3 is 16.0 Å². The van der Waals surface area contributed by atoms with Gasteiger partial charge in [0, 0.05) is 12.7 Å². The molecule has 0 fully saturated rings. The van der Waals surface area contributed by atoms with E-state index in [1.165, 1.54) is 0 Å². The van der Waals surface area contributed by atoms with Crippen LogP contribution >= 0.6 is 24.4 Å². The van der Waals surface area contributed by atoms with Crippen molar-refractivity contribution in [3.8, 4) is 0 Å². The van der Waals surface area contributed by atoms with E-state index in [4.69, 9.17) is 30.2 Å². The second kappa shape index (κ2) is 4.88. The monoisotopic (exact) mass is 225 g/mol. The minimum atomic E-state index is 0.179. The van der Waals surface area contributed by atoms with Gasteiger partial charge in [-0.25, -0.2) is 0 Å². The van der Waals surface area contributed by atoms with Crippen molar-refractivity contribution >= 4 is 40.3 Å². The fourth-order valence-corrected chi connectivity index (χ4v) is 1.33. The SMILES string of the molecule is CN(C(=S)NC(N)=S)c1ccccc1. The predicted molar refractivity (Wildman–Crippen MR) is 67.4 cm³/mol. The van der Waals surface area contributed by atoms with Crippen LogP contribution in [0.1, 0.15) is 0 Å². The lowest BCUT2D eigenvalue weighted by molar-refractivity contribution is 1.21. The Labute approximate surface area is 93.9 Å². The van der Waals surface area contributed by atoms with Crippen LogP contribution in [0.3, 0.4) is 0 Å². The number of rotatable bonds is 1. The molecule has 14 heavy (non-hydrogen) atoms. The summed E-state index contributed by atoms with van der Waals surface area (Å²) in [7, 11) is 1.85. The van der Waals surface area contributed by atoms with E-state index in [1.807, 2.05) is 37.4 Å². The summed E-state index contributed by atoms with van der Waals surface area (Å²) >= 11 is 9.78. The smallest absolute Gasteiger partial charge is 0.179 e. The highest BCUT2D eigenvalue weighted by Crippen LogP contribution is 2.10. The molecule has 1 rings (SSSR count). The van der Waals surface area contributed by atoms with Crippen molar-refractivity contribution in [3.63, 3.8) is 0 Å². The molecule has 5 heteroatoms. The average Bonchev–Trinajstić information content (AvgIpc) is 2.17. The van der Waals surface area contributed by atoms with E-state index in [0.717, 1.165) is 5.69 Å². The molecule has 1 aromatic carbocycles. The number of hydrogen-bond donors (Lipinski definition) is 2. The van der Waals surface area contributed by atoms with Crippen LogP contribution in [0.4, 0.5) is 5.69 Å². The molecule has 1 aromatic rings. The molecule has 0 aliphatic carbocycles. The summed E-state index contributed by atoms with van der Waals surface area (Å²) in [6.45, 7) is 0. The van der Waals surface area contributed by atoms with Gasteiger partial charge in [0.05, 0.1) is 0 Å². The van der Waals surface area contributed by atoms with Crippen LogP contribution in [0.5, 0.6) is 0 Å². The first kappa shape index (κ1) is 10.9. The number of hydrogen-bond acceptors (Lipinski definition) is 2. The fourth-order valence-electron chi connectivity index (χ4n) is 0.958. The summed E-state index contributed by atoms with van der Waals surface area (Å²) in [6.07, 6.45) is 0. The van der Waals surface area contributed by atoms with Crippen molar-refractivity contribution < 1.29 is 0 Å². The zero-order valence-electron chi connectivity index (χ0n) is 7.73. The molecular formula is C9H11N3S2. The number of thiocarbonyl (C=S) groups is 2. The summed E-state index contributed by atoms with van der Waals surface area (Å²) in [5.74, 6) is 0. The first-order valence-electron chi connectivity index (χ1n) is 4.00. The predicted octanol–water partition coefficient (Wildman–Crippen LogP) is 1.24. The van der Waals surface area contributed by atoms with Gasteiger partial charge in [-0.2, -0.15) is 0 Å². The van der Waals surface area contributed by atoms with Gasteiger partial charge in [-0.1, -0.05) is 18.2 Å². The highest BCUT2D eigenvalue weighted by Gasteiger charge is 2.05. The second-order valence-electron chi connectivity index (χ2n) is 2.69. The second-order valence-corrected chi connectivity index (χ2v) is 3.52. The maximum absolute atomic E-state index is 5.32. The van der Waals surface area contributed by atoms with Crippen molar-refractivity contribution in [2.24, 2.45) is 5.73 Å². The van der Waals surface area contributed by atoms with Gasteiger partial charge in [0.2, 0.25) is 0 Å². The number of nitrogens with two attached hydrogens (primary N) is 1. The molecule has 0 aliphatic rings. The number of nitrogens with one attached hydrogen (secondary N) is 1. The Bertz CT molecular complexity index is 337. The summed E-state index contributed by atoms with van der Waals surface area (Å²) in [6, 6.07) is 9.73. The van der Waals surface area contributed by atoms with Gasteiger partial charge in [-0.15, -0.1) is 0 Å². The highest BCUT2D eigenvalue weighted by molar-refractivity contribution is 7.82. The van der Waals surface area contributed by atoms with Gasteiger partial charge in [0.15, 0.2) is 10.2 Å². The molecule has 0 saturated carbocycles. The fraction of sp³-hybridized carbons (Fsp3) is 0.111. The molecule has 0 radical (unpaired) electrons. The Morgan fingerprint density at radius 2 is 1.86 bits per heavy atom. The molecule has 3 N–H and O–H groups in total. The van der Waals surface area contributed by atoms with Crippen molar-refractivity contribution in [2.75, 3.05) is 11.9 Å². The summed E-state index contributed by atoms with van der Waals surface area (Å²) < 4.78 is 0. The normalized spacial score (nSPS) is 9.21. The van der Waals surface area contributed by atoms with E-state index in [2.05, 4.69) is 5.32 Å². The van der Waals surface area contributed by atoms with Gasteiger partial charge >= 0.3 is 0 Å². The van der Waals surface area contributed by atoms with Crippen LogP contribution in [-0.2, 0) is 0 Å². The van der Waals surface area contributed by atoms with Gasteiger partial charge in [0.25, 0.3) is 0 Å². The van der Waals surface area contributed by atoms with E-state index in [-0.39, 0.29) is 5.11 Å². The minimum absolute atomic E-state index is 0.179. The van der Waals surface area contributed by atoms with Crippen molar-refractivity contribution in [1.82, 2.24) is 5.32 Å². The lowest BCUT2D eigenvalue weighted by Crippen LogP contribution is -2.43. The summed E-state index contributed by atoms with van der Waals surface area (Å²) in [5.41, 5.74) is 6.30. The largest absolute Gasteiger partial charge is 0.376 e. The number of para-hydroxylation sites is 1. The van der Waals surface area contributed by atoms with Crippen LogP contribution < -0.4 is 16.0 Å². The minimum Gasteiger partial charge on any atom is -0.376 e. The van der Waals surface area contributed by atoms with Gasteiger partial charge in [0.1, 0.15) is 0 Å². The Kier molecular flexibility index (Phi) is 3.79. The topological polar surface area (TPSA) is 41.3 Å². The zero-order valence-corrected chi connectivity index (χ0v) is 9.36. The molecule has 0 aliphatic heterocycles. The molecule has 0 aromatic heterocycles. The van der Waals surface area contributed by atoms with E-state index in [0.29, 0.717) is 5.11 Å². The molecule has 74 valence electrons. The Morgan fingerprint density at radius 1 is 1.29 bits per heavy atom. The van der Waals surface area contributed by atoms with E-state index in [1.54, 1.807) is 4.90 Å². The first-order chi connectivity index (χ1) is 6.61. The third-order valence-electron chi connectivity index (χ3n) is 1.68. The molecule has 0 saturated heterocycles. The molecule has 3 nitrogen and oxygen atoms in total. The van der Waals surface area contributed by atoms with Crippen molar-refractivity contribution in [2.45, 2.75) is 0 Å². The number of anilines is 1. The third-order valence-corrected chi connectivity index (χ3v) is 2.16. The van der Waals surface area contributed by atoms with E-state index >= 15 is 0 Å². The van der Waals surface area contributed by atoms with Crippen LogP contribution in [-0.4, -0.2) is 17.3 Å². The maximum atomic E-state index is 5.32. The Balaban J connectivity index is 2.71. The van der Waals surface area contributed by atoms with Crippen LogP contribution in [0.2, 0.25) is 0 Å². The van der Waals surface area contributed by atoms with Gasteiger partial charge in [-0.05, 0) is 36.6 Å². The average molecular weight is 225 g/mol. The van der Waals surface area contributed by atoms with Crippen LogP contribution in [0.15, 0.2) is 30.3 Å². The molecule has 0 bridgehead atoms. The first-order valence-corrected chi connectivity index (χ1v) is 4.82. The quantitative estimate of drug-likeness (QED) is 0.704. The van der Waals surface area contributed by atoms with Crippen molar-refractivity contribution in [3.05, 3.63) is 30.3 Å². The number of nitrogens with zero attached hydrogens (tertiary/aromatic N) is 1. The maximum Gasteiger partial charge on any atom is 0.179 e. The van der Waals surface area contributed by atoms with Crippen LogP contribution in [0, 0.1) is 0 Å². The third kappa shape index (κ3) is 2.93. The standard InChI is InChI=1S/C9H11N3S2/c1-12(9(14)11-8(10)13)7-5-3-2-4-6-7/h2-6H,1H3,(H3,10,11,13,14). The van der Waals surface area contributed by atoms with Crippen LogP contribution in [0.25, 0.3) is 0 Å². The molecule has 0 spiro atoms. The lowest BCUT2D eigenvalue weighted by atomic mass is 10.3. The van der Waals surface area contributed by atoms with Gasteiger partial charge in [-0.3, -0.25) is 0 Å². The molecule has 0 atom stereocenters. The van der Waals surface area contributed by atoms with E-state index in [9.17, 15) is 0 Å². The zero-order chi connectivity index (χ0) is 10.6. The van der Waals surface area contributed by atoms with Crippen molar-refractivity contribution in [1.29, 1.82) is 0 Å². The molecule has 0 heterocycles. The lowest BCUT2D eigenvalue weighted by Gasteiger charge is -2.20. The summed E-state index contributed by atoms with van der Waals surface area (Å²) in [5, 5.41) is 3.38. The van der Waals surface area contributed by atoms with E-state index < -0.39 is 0 Å².